The van der Waals surface area contributed by atoms with E-state index in [9.17, 15) is 0 Å². The fourth-order valence-electron chi connectivity index (χ4n) is 2.78. The third kappa shape index (κ3) is 2.32. The number of rotatable bonds is 2. The molecule has 0 aliphatic rings. The quantitative estimate of drug-likeness (QED) is 0.766. The molecule has 2 aromatic carbocycles. The SMILES string of the molecule is Cc1ccc(C(C)(N)c2cccc3ncccc23)cc1C. The monoisotopic (exact) mass is 276 g/mol. The molecule has 21 heavy (non-hydrogen) atoms. The number of aromatic nitrogens is 1. The van der Waals surface area contributed by atoms with Crippen LogP contribution in [-0.2, 0) is 5.54 Å². The molecular weight excluding hydrogens is 256 g/mol. The molecule has 3 aromatic rings. The van der Waals surface area contributed by atoms with Crippen molar-refractivity contribution in [3.63, 3.8) is 0 Å². The highest BCUT2D eigenvalue weighted by Crippen LogP contribution is 2.32. The minimum atomic E-state index is -0.541. The summed E-state index contributed by atoms with van der Waals surface area (Å²) in [4.78, 5) is 4.43. The first-order chi connectivity index (χ1) is 10.00. The summed E-state index contributed by atoms with van der Waals surface area (Å²) in [6.07, 6.45) is 1.82. The van der Waals surface area contributed by atoms with Gasteiger partial charge < -0.3 is 5.73 Å². The minimum absolute atomic E-state index is 0.541. The number of fused-ring (bicyclic) bond motifs is 1. The van der Waals surface area contributed by atoms with Gasteiger partial charge in [0.15, 0.2) is 0 Å². The summed E-state index contributed by atoms with van der Waals surface area (Å²) >= 11 is 0. The van der Waals surface area contributed by atoms with Crippen LogP contribution < -0.4 is 5.73 Å². The Morgan fingerprint density at radius 1 is 0.952 bits per heavy atom. The van der Waals surface area contributed by atoms with E-state index in [1.165, 1.54) is 11.1 Å². The van der Waals surface area contributed by atoms with E-state index in [2.05, 4.69) is 56.1 Å². The number of aryl methyl sites for hydroxylation is 2. The fraction of sp³-hybridized carbons (Fsp3) is 0.211. The van der Waals surface area contributed by atoms with Gasteiger partial charge in [-0.3, -0.25) is 4.98 Å². The number of pyridine rings is 1. The molecule has 0 radical (unpaired) electrons. The summed E-state index contributed by atoms with van der Waals surface area (Å²) in [7, 11) is 0. The van der Waals surface area contributed by atoms with Crippen molar-refractivity contribution in [1.82, 2.24) is 4.98 Å². The number of hydrogen-bond acceptors (Lipinski definition) is 2. The molecule has 0 aliphatic carbocycles. The molecule has 1 heterocycles. The third-order valence-electron chi connectivity index (χ3n) is 4.31. The lowest BCUT2D eigenvalue weighted by Crippen LogP contribution is -2.34. The molecule has 0 amide bonds. The molecule has 0 saturated heterocycles. The van der Waals surface area contributed by atoms with Gasteiger partial charge in [0.25, 0.3) is 0 Å². The highest BCUT2D eigenvalue weighted by molar-refractivity contribution is 5.83. The van der Waals surface area contributed by atoms with E-state index in [1.807, 2.05) is 24.4 Å². The van der Waals surface area contributed by atoms with Crippen molar-refractivity contribution in [2.75, 3.05) is 0 Å². The Bertz CT molecular complexity index is 798. The third-order valence-corrected chi connectivity index (χ3v) is 4.31. The van der Waals surface area contributed by atoms with E-state index < -0.39 is 5.54 Å². The molecule has 0 bridgehead atoms. The Morgan fingerprint density at radius 2 is 1.76 bits per heavy atom. The van der Waals surface area contributed by atoms with Crippen LogP contribution in [0.15, 0.2) is 54.7 Å². The minimum Gasteiger partial charge on any atom is -0.318 e. The molecular formula is C19H20N2. The lowest BCUT2D eigenvalue weighted by molar-refractivity contribution is 0.608. The van der Waals surface area contributed by atoms with Crippen LogP contribution in [0.2, 0.25) is 0 Å². The number of benzene rings is 2. The number of hydrogen-bond donors (Lipinski definition) is 1. The summed E-state index contributed by atoms with van der Waals surface area (Å²) in [5.41, 5.74) is 11.9. The van der Waals surface area contributed by atoms with E-state index in [0.29, 0.717) is 0 Å². The summed E-state index contributed by atoms with van der Waals surface area (Å²) in [6, 6.07) is 16.6. The van der Waals surface area contributed by atoms with Crippen molar-refractivity contribution in [2.24, 2.45) is 5.73 Å². The second kappa shape index (κ2) is 4.97. The molecule has 1 aromatic heterocycles. The molecule has 0 fully saturated rings. The lowest BCUT2D eigenvalue weighted by Gasteiger charge is -2.28. The first-order valence-electron chi connectivity index (χ1n) is 7.21. The van der Waals surface area contributed by atoms with Gasteiger partial charge in [-0.2, -0.15) is 0 Å². The van der Waals surface area contributed by atoms with Crippen LogP contribution in [0, 0.1) is 13.8 Å². The zero-order valence-electron chi connectivity index (χ0n) is 12.7. The molecule has 1 atom stereocenters. The van der Waals surface area contributed by atoms with Crippen molar-refractivity contribution >= 4 is 10.9 Å². The molecule has 106 valence electrons. The lowest BCUT2D eigenvalue weighted by atomic mass is 9.82. The number of nitrogens with zero attached hydrogens (tertiary/aromatic N) is 1. The van der Waals surface area contributed by atoms with Crippen molar-refractivity contribution in [2.45, 2.75) is 26.3 Å². The van der Waals surface area contributed by atoms with Crippen molar-refractivity contribution < 1.29 is 0 Å². The van der Waals surface area contributed by atoms with E-state index in [0.717, 1.165) is 22.0 Å². The predicted molar refractivity (Wildman–Crippen MR) is 88.3 cm³/mol. The highest BCUT2D eigenvalue weighted by Gasteiger charge is 2.26. The smallest absolute Gasteiger partial charge is 0.0705 e. The van der Waals surface area contributed by atoms with E-state index in [4.69, 9.17) is 5.73 Å². The zero-order valence-corrected chi connectivity index (χ0v) is 12.7. The largest absolute Gasteiger partial charge is 0.318 e. The first-order valence-corrected chi connectivity index (χ1v) is 7.21. The van der Waals surface area contributed by atoms with Crippen LogP contribution >= 0.6 is 0 Å². The molecule has 1 unspecified atom stereocenters. The fourth-order valence-corrected chi connectivity index (χ4v) is 2.78. The topological polar surface area (TPSA) is 38.9 Å². The van der Waals surface area contributed by atoms with E-state index in [-0.39, 0.29) is 0 Å². The van der Waals surface area contributed by atoms with Gasteiger partial charge in [0, 0.05) is 11.6 Å². The summed E-state index contributed by atoms with van der Waals surface area (Å²) in [6.45, 7) is 6.31. The Labute approximate surface area is 125 Å². The summed E-state index contributed by atoms with van der Waals surface area (Å²) in [5, 5.41) is 1.11. The van der Waals surface area contributed by atoms with Gasteiger partial charge in [0.2, 0.25) is 0 Å². The van der Waals surface area contributed by atoms with Gasteiger partial charge in [-0.1, -0.05) is 36.4 Å². The van der Waals surface area contributed by atoms with Gasteiger partial charge >= 0.3 is 0 Å². The summed E-state index contributed by atoms with van der Waals surface area (Å²) in [5.74, 6) is 0. The van der Waals surface area contributed by atoms with Crippen LogP contribution in [0.3, 0.4) is 0 Å². The van der Waals surface area contributed by atoms with Crippen molar-refractivity contribution in [3.05, 3.63) is 77.0 Å². The Morgan fingerprint density at radius 3 is 2.52 bits per heavy atom. The van der Waals surface area contributed by atoms with E-state index in [1.54, 1.807) is 0 Å². The maximum atomic E-state index is 6.72. The van der Waals surface area contributed by atoms with Crippen molar-refractivity contribution in [1.29, 1.82) is 0 Å². The molecule has 0 saturated carbocycles. The second-order valence-corrected chi connectivity index (χ2v) is 5.88. The molecule has 3 rings (SSSR count). The van der Waals surface area contributed by atoms with Gasteiger partial charge in [-0.05, 0) is 55.2 Å². The maximum Gasteiger partial charge on any atom is 0.0705 e. The van der Waals surface area contributed by atoms with Crippen molar-refractivity contribution in [3.8, 4) is 0 Å². The second-order valence-electron chi connectivity index (χ2n) is 5.88. The van der Waals surface area contributed by atoms with Gasteiger partial charge in [-0.15, -0.1) is 0 Å². The summed E-state index contributed by atoms with van der Waals surface area (Å²) < 4.78 is 0. The maximum absolute atomic E-state index is 6.72. The molecule has 2 N–H and O–H groups in total. The van der Waals surface area contributed by atoms with Crippen LogP contribution in [-0.4, -0.2) is 4.98 Å². The molecule has 0 spiro atoms. The van der Waals surface area contributed by atoms with Crippen LogP contribution in [0.5, 0.6) is 0 Å². The first kappa shape index (κ1) is 13.8. The molecule has 0 aliphatic heterocycles. The Hall–Kier alpha value is -2.19. The van der Waals surface area contributed by atoms with Gasteiger partial charge in [-0.25, -0.2) is 0 Å². The van der Waals surface area contributed by atoms with Gasteiger partial charge in [0.1, 0.15) is 0 Å². The predicted octanol–water partition coefficient (Wildman–Crippen LogP) is 4.07. The number of nitrogens with two attached hydrogens (primary N) is 1. The normalized spacial score (nSPS) is 14.1. The average Bonchev–Trinajstić information content (AvgIpc) is 2.49. The van der Waals surface area contributed by atoms with Crippen LogP contribution in [0.1, 0.15) is 29.2 Å². The Balaban J connectivity index is 2.22. The molecule has 2 heteroatoms. The van der Waals surface area contributed by atoms with E-state index >= 15 is 0 Å². The average molecular weight is 276 g/mol. The van der Waals surface area contributed by atoms with Crippen LogP contribution in [0.4, 0.5) is 0 Å². The van der Waals surface area contributed by atoms with Gasteiger partial charge in [0.05, 0.1) is 11.1 Å². The standard InChI is InChI=1S/C19H20N2/c1-13-9-10-15(12-14(13)2)19(3,20)17-7-4-8-18-16(17)6-5-11-21-18/h4-12H,20H2,1-3H3. The Kier molecular flexibility index (Phi) is 3.26. The zero-order chi connectivity index (χ0) is 15.0. The highest BCUT2D eigenvalue weighted by atomic mass is 14.7. The molecule has 2 nitrogen and oxygen atoms in total. The van der Waals surface area contributed by atoms with Crippen LogP contribution in [0.25, 0.3) is 10.9 Å².